The van der Waals surface area contributed by atoms with Gasteiger partial charge < -0.3 is 40.0 Å². The maximum Gasteiger partial charge on any atom is 0.410 e. The lowest BCUT2D eigenvalue weighted by atomic mass is 10.1. The molecule has 14 heteroatoms. The lowest BCUT2D eigenvalue weighted by Gasteiger charge is -2.26. The molecule has 0 saturated heterocycles. The number of aromatic nitrogens is 2. The highest BCUT2D eigenvalue weighted by Crippen LogP contribution is 2.32. The molecule has 3 aromatic rings. The zero-order chi connectivity index (χ0) is 35.4. The fraction of sp³-hybridized carbons (Fsp3) is 0.459. The third kappa shape index (κ3) is 13.2. The predicted molar refractivity (Wildman–Crippen MR) is 210 cm³/mol. The number of ether oxygens (including phenoxy) is 3. The molecule has 0 unspecified atom stereocenters. The van der Waals surface area contributed by atoms with Gasteiger partial charge in [0.05, 0.1) is 20.3 Å². The van der Waals surface area contributed by atoms with E-state index in [1.54, 1.807) is 48.5 Å². The van der Waals surface area contributed by atoms with Crippen molar-refractivity contribution in [1.82, 2.24) is 25.1 Å². The Morgan fingerprint density at radius 1 is 1.06 bits per heavy atom. The summed E-state index contributed by atoms with van der Waals surface area (Å²) in [4.78, 5) is 36.9. The van der Waals surface area contributed by atoms with E-state index in [1.807, 2.05) is 45.0 Å². The average molecular weight is 791 g/mol. The largest absolute Gasteiger partial charge is 0.493 e. The van der Waals surface area contributed by atoms with Gasteiger partial charge in [-0.1, -0.05) is 26.5 Å². The number of carbonyl (C=O) groups is 2. The van der Waals surface area contributed by atoms with Crippen molar-refractivity contribution in [3.8, 4) is 11.5 Å². The van der Waals surface area contributed by atoms with Crippen molar-refractivity contribution in [1.29, 1.82) is 0 Å². The van der Waals surface area contributed by atoms with E-state index in [9.17, 15) is 9.59 Å². The van der Waals surface area contributed by atoms with Crippen LogP contribution in [-0.4, -0.2) is 84.3 Å². The maximum atomic E-state index is 12.7. The van der Waals surface area contributed by atoms with Crippen LogP contribution in [0.15, 0.2) is 53.3 Å². The van der Waals surface area contributed by atoms with Crippen molar-refractivity contribution in [3.05, 3.63) is 75.5 Å². The number of nitrogens with one attached hydrogen (secondary N) is 3. The molecule has 12 nitrogen and oxygen atoms in total. The summed E-state index contributed by atoms with van der Waals surface area (Å²) in [5.41, 5.74) is 3.42. The van der Waals surface area contributed by atoms with E-state index in [1.165, 1.54) is 0 Å². The van der Waals surface area contributed by atoms with Crippen LogP contribution in [0.2, 0.25) is 0 Å². The third-order valence-electron chi connectivity index (χ3n) is 7.45. The van der Waals surface area contributed by atoms with Crippen molar-refractivity contribution in [2.45, 2.75) is 66.8 Å². The topological polar surface area (TPSA) is 130 Å². The third-order valence-corrected chi connectivity index (χ3v) is 7.88. The Labute approximate surface area is 317 Å². The molecule has 2 aromatic heterocycles. The Bertz CT molecular complexity index is 1620. The molecule has 0 fully saturated rings. The SMILES string of the molecule is C.CC(C)(C)OC(=O)N1CCNc2ncc(Br)cc2C1.CCCOc1c(CN(C)C(=O)/C=C/c2cnc3c(c2)CNCCN3)cccc1OC.Cl. The van der Waals surface area contributed by atoms with Crippen LogP contribution in [0.5, 0.6) is 11.5 Å². The first-order chi connectivity index (χ1) is 23.5. The zero-order valence-corrected chi connectivity index (χ0v) is 32.1. The van der Waals surface area contributed by atoms with Crippen LogP contribution < -0.4 is 25.4 Å². The number of nitrogens with zero attached hydrogens (tertiary/aromatic N) is 4. The Balaban J connectivity index is 0.000000372. The van der Waals surface area contributed by atoms with Crippen LogP contribution in [0, 0.1) is 0 Å². The van der Waals surface area contributed by atoms with Gasteiger partial charge in [0.25, 0.3) is 0 Å². The Hall–Kier alpha value is -4.07. The van der Waals surface area contributed by atoms with Crippen LogP contribution >= 0.6 is 28.3 Å². The molecular weight excluding hydrogens is 738 g/mol. The fourth-order valence-electron chi connectivity index (χ4n) is 5.09. The minimum absolute atomic E-state index is 0. The number of halogens is 2. The number of carbonyl (C=O) groups excluding carboxylic acids is 2. The molecule has 0 atom stereocenters. The molecule has 0 bridgehead atoms. The lowest BCUT2D eigenvalue weighted by Crippen LogP contribution is -2.37. The van der Waals surface area contributed by atoms with Gasteiger partial charge in [0.15, 0.2) is 11.5 Å². The van der Waals surface area contributed by atoms with Crippen LogP contribution in [0.1, 0.15) is 63.8 Å². The first kappa shape index (κ1) is 43.1. The normalized spacial score (nSPS) is 13.5. The molecular formula is C37H53BrClN7O5. The number of hydrogen-bond acceptors (Lipinski definition) is 10. The van der Waals surface area contributed by atoms with Crippen molar-refractivity contribution in [2.24, 2.45) is 0 Å². The van der Waals surface area contributed by atoms with Gasteiger partial charge in [-0.05, 0) is 73.0 Å². The molecule has 1 aromatic carbocycles. The molecule has 0 spiro atoms. The second-order valence-corrected chi connectivity index (χ2v) is 13.6. The summed E-state index contributed by atoms with van der Waals surface area (Å²) >= 11 is 3.40. The molecule has 51 heavy (non-hydrogen) atoms. The molecule has 280 valence electrons. The highest BCUT2D eigenvalue weighted by Gasteiger charge is 2.25. The van der Waals surface area contributed by atoms with Gasteiger partial charge in [0.1, 0.15) is 17.2 Å². The number of fused-ring (bicyclic) bond motifs is 2. The number of rotatable bonds is 8. The number of likely N-dealkylation sites (N-methyl/N-ethyl adjacent to an activating group) is 1. The van der Waals surface area contributed by atoms with E-state index >= 15 is 0 Å². The van der Waals surface area contributed by atoms with Crippen molar-refractivity contribution >= 4 is 58.0 Å². The summed E-state index contributed by atoms with van der Waals surface area (Å²) in [5, 5.41) is 9.86. The predicted octanol–water partition coefficient (Wildman–Crippen LogP) is 7.13. The van der Waals surface area contributed by atoms with Gasteiger partial charge in [-0.15, -0.1) is 12.4 Å². The smallest absolute Gasteiger partial charge is 0.410 e. The highest BCUT2D eigenvalue weighted by molar-refractivity contribution is 9.10. The van der Waals surface area contributed by atoms with Gasteiger partial charge in [0, 0.05) is 85.9 Å². The van der Waals surface area contributed by atoms with Crippen LogP contribution in [0.25, 0.3) is 6.08 Å². The van der Waals surface area contributed by atoms with E-state index in [0.29, 0.717) is 44.3 Å². The van der Waals surface area contributed by atoms with Gasteiger partial charge >= 0.3 is 6.09 Å². The van der Waals surface area contributed by atoms with E-state index in [-0.39, 0.29) is 31.8 Å². The molecule has 0 saturated carbocycles. The Kier molecular flexibility index (Phi) is 17.5. The highest BCUT2D eigenvalue weighted by atomic mass is 79.9. The monoisotopic (exact) mass is 789 g/mol. The number of methoxy groups -OCH3 is 1. The summed E-state index contributed by atoms with van der Waals surface area (Å²) in [7, 11) is 3.40. The van der Waals surface area contributed by atoms with Gasteiger partial charge in [-0.25, -0.2) is 14.8 Å². The fourth-order valence-corrected chi connectivity index (χ4v) is 5.46. The molecule has 4 heterocycles. The maximum absolute atomic E-state index is 12.7. The quantitative estimate of drug-likeness (QED) is 0.203. The molecule has 0 radical (unpaired) electrons. The summed E-state index contributed by atoms with van der Waals surface area (Å²) < 4.78 is 17.6. The van der Waals surface area contributed by atoms with E-state index in [4.69, 9.17) is 14.2 Å². The number of hydrogen-bond donors (Lipinski definition) is 3. The summed E-state index contributed by atoms with van der Waals surface area (Å²) in [6.45, 7) is 13.0. The molecule has 2 aliphatic rings. The van der Waals surface area contributed by atoms with Gasteiger partial charge in [-0.3, -0.25) is 4.79 Å². The van der Waals surface area contributed by atoms with Crippen molar-refractivity contribution < 1.29 is 23.8 Å². The standard InChI is InChI=1S/C23H30N4O3.C13H18BrN3O2.CH4.ClH/c1-4-12-30-22-18(6-5-7-20(22)29-3)16-27(2)21(28)9-8-17-13-19-15-24-10-11-25-23(19)26-14-17;1-13(2,3)19-12(18)17-5-4-15-11-9(8-17)6-10(14)7-16-11;;/h5-9,13-14,24H,4,10-12,15-16H2,1-3H3,(H,25,26);6-7H,4-5,8H2,1-3H3,(H,15,16);1H4;1H/b9-8+;;;. The van der Waals surface area contributed by atoms with Crippen LogP contribution in [0.4, 0.5) is 16.4 Å². The minimum atomic E-state index is -0.477. The molecule has 2 amide bonds. The van der Waals surface area contributed by atoms with Crippen LogP contribution in [-0.2, 0) is 29.2 Å². The molecule has 2 aliphatic heterocycles. The number of amides is 2. The van der Waals surface area contributed by atoms with Crippen molar-refractivity contribution in [2.75, 3.05) is 57.6 Å². The van der Waals surface area contributed by atoms with E-state index in [0.717, 1.165) is 64.4 Å². The first-order valence-electron chi connectivity index (χ1n) is 16.5. The molecule has 5 rings (SSSR count). The average Bonchev–Trinajstić information content (AvgIpc) is 3.44. The number of para-hydroxylation sites is 1. The number of anilines is 2. The Morgan fingerprint density at radius 3 is 2.51 bits per heavy atom. The lowest BCUT2D eigenvalue weighted by molar-refractivity contribution is -0.125. The number of benzene rings is 1. The zero-order valence-electron chi connectivity index (χ0n) is 29.7. The summed E-state index contributed by atoms with van der Waals surface area (Å²) in [6, 6.07) is 9.75. The second-order valence-electron chi connectivity index (χ2n) is 12.7. The van der Waals surface area contributed by atoms with E-state index in [2.05, 4.69) is 54.8 Å². The second kappa shape index (κ2) is 20.7. The Morgan fingerprint density at radius 2 is 1.78 bits per heavy atom. The number of pyridine rings is 2. The van der Waals surface area contributed by atoms with Gasteiger partial charge in [0.2, 0.25) is 5.91 Å². The summed E-state index contributed by atoms with van der Waals surface area (Å²) in [6.07, 6.45) is 7.51. The van der Waals surface area contributed by atoms with Crippen LogP contribution in [0.3, 0.4) is 0 Å². The molecule has 0 aliphatic carbocycles. The summed E-state index contributed by atoms with van der Waals surface area (Å²) in [5.74, 6) is 3.01. The minimum Gasteiger partial charge on any atom is -0.493 e. The molecule has 3 N–H and O–H groups in total. The van der Waals surface area contributed by atoms with Gasteiger partial charge in [-0.2, -0.15) is 0 Å². The first-order valence-corrected chi connectivity index (χ1v) is 17.3. The van der Waals surface area contributed by atoms with E-state index < -0.39 is 5.60 Å². The van der Waals surface area contributed by atoms with Crippen molar-refractivity contribution in [3.63, 3.8) is 0 Å².